The van der Waals surface area contributed by atoms with Gasteiger partial charge in [-0.15, -0.1) is 11.8 Å². The summed E-state index contributed by atoms with van der Waals surface area (Å²) in [7, 11) is 0. The molecule has 0 saturated carbocycles. The number of carboxylic acid groups (broad SMARTS) is 1. The molecule has 2 atom stereocenters. The van der Waals surface area contributed by atoms with Gasteiger partial charge in [0.05, 0.1) is 5.92 Å². The van der Waals surface area contributed by atoms with Crippen LogP contribution in [0.25, 0.3) is 0 Å². The number of likely N-dealkylation sites (tertiary alicyclic amines) is 1. The Morgan fingerprint density at radius 3 is 2.67 bits per heavy atom. The summed E-state index contributed by atoms with van der Waals surface area (Å²) < 4.78 is 0. The van der Waals surface area contributed by atoms with Crippen LogP contribution in [0.4, 0.5) is 0 Å². The monoisotopic (exact) mass is 307 g/mol. The van der Waals surface area contributed by atoms with Gasteiger partial charge in [-0.2, -0.15) is 0 Å². The SMILES string of the molecule is CC1CC(C(=O)O)CCN1C(=O)CCSc1ccccc1. The van der Waals surface area contributed by atoms with Crippen molar-refractivity contribution < 1.29 is 14.7 Å². The number of carbonyl (C=O) groups is 2. The molecule has 0 bridgehead atoms. The average Bonchev–Trinajstić information content (AvgIpc) is 2.48. The molecule has 21 heavy (non-hydrogen) atoms. The second-order valence-corrected chi connectivity index (χ2v) is 6.58. The van der Waals surface area contributed by atoms with E-state index >= 15 is 0 Å². The van der Waals surface area contributed by atoms with E-state index in [1.807, 2.05) is 42.2 Å². The minimum Gasteiger partial charge on any atom is -0.481 e. The number of piperidine rings is 1. The molecule has 0 radical (unpaired) electrons. The molecule has 1 aliphatic rings. The summed E-state index contributed by atoms with van der Waals surface area (Å²) in [6, 6.07) is 10.1. The minimum absolute atomic E-state index is 0.0223. The third-order valence-electron chi connectivity index (χ3n) is 3.87. The van der Waals surface area contributed by atoms with Crippen LogP contribution in [-0.4, -0.2) is 40.2 Å². The number of carboxylic acids is 1. The van der Waals surface area contributed by atoms with Crippen LogP contribution in [0.2, 0.25) is 0 Å². The normalized spacial score (nSPS) is 22.0. The molecular formula is C16H21NO3S. The quantitative estimate of drug-likeness (QED) is 0.850. The Bertz CT molecular complexity index is 492. The fraction of sp³-hybridized carbons (Fsp3) is 0.500. The third-order valence-corrected chi connectivity index (χ3v) is 4.89. The Morgan fingerprint density at radius 2 is 2.05 bits per heavy atom. The fourth-order valence-corrected chi connectivity index (χ4v) is 3.55. The van der Waals surface area contributed by atoms with Gasteiger partial charge >= 0.3 is 5.97 Å². The average molecular weight is 307 g/mol. The number of amides is 1. The van der Waals surface area contributed by atoms with Gasteiger partial charge in [-0.3, -0.25) is 9.59 Å². The maximum absolute atomic E-state index is 12.2. The molecule has 5 heteroatoms. The summed E-state index contributed by atoms with van der Waals surface area (Å²) >= 11 is 1.68. The molecule has 0 aromatic heterocycles. The first-order chi connectivity index (χ1) is 10.1. The van der Waals surface area contributed by atoms with Crippen LogP contribution in [0, 0.1) is 5.92 Å². The van der Waals surface area contributed by atoms with Crippen molar-refractivity contribution in [3.8, 4) is 0 Å². The van der Waals surface area contributed by atoms with E-state index in [-0.39, 0.29) is 17.9 Å². The molecule has 2 unspecified atom stereocenters. The standard InChI is InChI=1S/C16H21NO3S/c1-12-11-13(16(19)20)7-9-17(12)15(18)8-10-21-14-5-3-2-4-6-14/h2-6,12-13H,7-11H2,1H3,(H,19,20). The number of hydrogen-bond acceptors (Lipinski definition) is 3. The largest absolute Gasteiger partial charge is 0.481 e. The zero-order valence-electron chi connectivity index (χ0n) is 12.2. The Morgan fingerprint density at radius 1 is 1.33 bits per heavy atom. The van der Waals surface area contributed by atoms with Crippen molar-refractivity contribution in [3.63, 3.8) is 0 Å². The smallest absolute Gasteiger partial charge is 0.306 e. The van der Waals surface area contributed by atoms with Crippen molar-refractivity contribution in [1.29, 1.82) is 0 Å². The maximum atomic E-state index is 12.2. The van der Waals surface area contributed by atoms with Gasteiger partial charge in [0.15, 0.2) is 0 Å². The van der Waals surface area contributed by atoms with Gasteiger partial charge in [-0.05, 0) is 31.9 Å². The second-order valence-electron chi connectivity index (χ2n) is 5.41. The number of hydrogen-bond donors (Lipinski definition) is 1. The summed E-state index contributed by atoms with van der Waals surface area (Å²) in [6.45, 7) is 2.50. The Kier molecular flexibility index (Phi) is 5.67. The van der Waals surface area contributed by atoms with E-state index in [4.69, 9.17) is 5.11 Å². The fourth-order valence-electron chi connectivity index (χ4n) is 2.68. The van der Waals surface area contributed by atoms with Gasteiger partial charge in [0.25, 0.3) is 0 Å². The summed E-state index contributed by atoms with van der Waals surface area (Å²) in [5.74, 6) is -0.153. The van der Waals surface area contributed by atoms with Crippen molar-refractivity contribution in [3.05, 3.63) is 30.3 Å². The van der Waals surface area contributed by atoms with E-state index in [1.54, 1.807) is 11.8 Å². The molecule has 1 aromatic rings. The van der Waals surface area contributed by atoms with Crippen LogP contribution in [0.5, 0.6) is 0 Å². The Balaban J connectivity index is 1.77. The molecule has 0 spiro atoms. The van der Waals surface area contributed by atoms with Gasteiger partial charge in [-0.1, -0.05) is 18.2 Å². The lowest BCUT2D eigenvalue weighted by Gasteiger charge is -2.36. The molecule has 1 fully saturated rings. The van der Waals surface area contributed by atoms with Crippen LogP contribution in [-0.2, 0) is 9.59 Å². The van der Waals surface area contributed by atoms with Gasteiger partial charge < -0.3 is 10.0 Å². The van der Waals surface area contributed by atoms with E-state index < -0.39 is 5.97 Å². The highest BCUT2D eigenvalue weighted by Crippen LogP contribution is 2.24. The molecule has 1 aromatic carbocycles. The van der Waals surface area contributed by atoms with E-state index in [0.29, 0.717) is 25.8 Å². The zero-order valence-corrected chi connectivity index (χ0v) is 13.0. The van der Waals surface area contributed by atoms with Crippen molar-refractivity contribution in [2.24, 2.45) is 5.92 Å². The van der Waals surface area contributed by atoms with E-state index in [1.165, 1.54) is 4.90 Å². The summed E-state index contributed by atoms with van der Waals surface area (Å²) in [5.41, 5.74) is 0. The van der Waals surface area contributed by atoms with E-state index in [0.717, 1.165) is 5.75 Å². The molecule has 114 valence electrons. The number of thioether (sulfide) groups is 1. The van der Waals surface area contributed by atoms with Gasteiger partial charge in [0.2, 0.25) is 5.91 Å². The summed E-state index contributed by atoms with van der Waals surface area (Å²) in [5, 5.41) is 9.04. The summed E-state index contributed by atoms with van der Waals surface area (Å²) in [6.07, 6.45) is 1.63. The molecular weight excluding hydrogens is 286 g/mol. The highest BCUT2D eigenvalue weighted by molar-refractivity contribution is 7.99. The van der Waals surface area contributed by atoms with Gasteiger partial charge in [0.1, 0.15) is 0 Å². The van der Waals surface area contributed by atoms with Crippen LogP contribution < -0.4 is 0 Å². The first-order valence-corrected chi connectivity index (χ1v) is 8.26. The number of rotatable bonds is 5. The Labute approximate surface area is 129 Å². The van der Waals surface area contributed by atoms with Crippen LogP contribution >= 0.6 is 11.8 Å². The maximum Gasteiger partial charge on any atom is 0.306 e. The van der Waals surface area contributed by atoms with E-state index in [2.05, 4.69) is 0 Å². The highest BCUT2D eigenvalue weighted by atomic mass is 32.2. The molecule has 2 rings (SSSR count). The first kappa shape index (κ1) is 15.9. The highest BCUT2D eigenvalue weighted by Gasteiger charge is 2.31. The number of carbonyl (C=O) groups excluding carboxylic acids is 1. The molecule has 0 aliphatic carbocycles. The lowest BCUT2D eigenvalue weighted by atomic mass is 9.91. The molecule has 1 amide bonds. The second kappa shape index (κ2) is 7.50. The minimum atomic E-state index is -0.742. The first-order valence-electron chi connectivity index (χ1n) is 7.28. The predicted molar refractivity (Wildman–Crippen MR) is 83.3 cm³/mol. The van der Waals surface area contributed by atoms with Crippen LogP contribution in [0.15, 0.2) is 35.2 Å². The number of aliphatic carboxylic acids is 1. The Hall–Kier alpha value is -1.49. The molecule has 1 heterocycles. The number of nitrogens with zero attached hydrogens (tertiary/aromatic N) is 1. The van der Waals surface area contributed by atoms with Crippen LogP contribution in [0.3, 0.4) is 0 Å². The topological polar surface area (TPSA) is 57.6 Å². The molecule has 4 nitrogen and oxygen atoms in total. The molecule has 1 N–H and O–H groups in total. The zero-order chi connectivity index (χ0) is 15.2. The summed E-state index contributed by atoms with van der Waals surface area (Å²) in [4.78, 5) is 26.2. The third kappa shape index (κ3) is 4.49. The molecule has 1 aliphatic heterocycles. The van der Waals surface area contributed by atoms with Gasteiger partial charge in [-0.25, -0.2) is 0 Å². The van der Waals surface area contributed by atoms with Crippen molar-refractivity contribution in [2.45, 2.75) is 37.1 Å². The lowest BCUT2D eigenvalue weighted by Crippen LogP contribution is -2.46. The van der Waals surface area contributed by atoms with Crippen LogP contribution in [0.1, 0.15) is 26.2 Å². The van der Waals surface area contributed by atoms with Crippen molar-refractivity contribution in [1.82, 2.24) is 4.90 Å². The van der Waals surface area contributed by atoms with Crippen molar-refractivity contribution >= 4 is 23.6 Å². The van der Waals surface area contributed by atoms with E-state index in [9.17, 15) is 9.59 Å². The number of benzene rings is 1. The molecule has 1 saturated heterocycles. The van der Waals surface area contributed by atoms with Crippen molar-refractivity contribution in [2.75, 3.05) is 12.3 Å². The predicted octanol–water partition coefficient (Wildman–Crippen LogP) is 2.88. The lowest BCUT2D eigenvalue weighted by molar-refractivity contribution is -0.147. The van der Waals surface area contributed by atoms with Gasteiger partial charge in [0, 0.05) is 29.7 Å².